The van der Waals surface area contributed by atoms with Crippen LogP contribution in [0.2, 0.25) is 5.02 Å². The third-order valence-corrected chi connectivity index (χ3v) is 3.76. The minimum Gasteiger partial charge on any atom is -0.271 e. The van der Waals surface area contributed by atoms with Gasteiger partial charge in [-0.25, -0.2) is 0 Å². The zero-order valence-electron chi connectivity index (χ0n) is 10.5. The first-order chi connectivity index (χ1) is 8.69. The molecule has 0 aliphatic rings. The van der Waals surface area contributed by atoms with Gasteiger partial charge in [0.15, 0.2) is 0 Å². The molecule has 0 saturated carbocycles. The summed E-state index contributed by atoms with van der Waals surface area (Å²) in [5.74, 6) is 5.62. The molecule has 0 radical (unpaired) electrons. The van der Waals surface area contributed by atoms with Gasteiger partial charge in [-0.1, -0.05) is 52.5 Å². The Bertz CT molecular complexity index is 382. The predicted octanol–water partition coefficient (Wildman–Crippen LogP) is 4.74. The molecule has 1 unspecified atom stereocenters. The van der Waals surface area contributed by atoms with Crippen LogP contribution in [0, 0.1) is 0 Å². The Morgan fingerprint density at radius 1 is 1.39 bits per heavy atom. The van der Waals surface area contributed by atoms with Crippen molar-refractivity contribution < 1.29 is 0 Å². The maximum absolute atomic E-state index is 6.23. The maximum atomic E-state index is 6.23. The van der Waals surface area contributed by atoms with E-state index in [9.17, 15) is 0 Å². The van der Waals surface area contributed by atoms with Crippen molar-refractivity contribution in [2.45, 2.75) is 38.1 Å². The number of rotatable bonds is 8. The van der Waals surface area contributed by atoms with Gasteiger partial charge < -0.3 is 0 Å². The predicted molar refractivity (Wildman–Crippen MR) is 82.5 cm³/mol. The normalized spacial score (nSPS) is 12.4. The molecule has 1 aromatic rings. The van der Waals surface area contributed by atoms with Crippen molar-refractivity contribution in [3.63, 3.8) is 0 Å². The number of hydrazine groups is 1. The van der Waals surface area contributed by atoms with Gasteiger partial charge >= 0.3 is 0 Å². The van der Waals surface area contributed by atoms with Crippen molar-refractivity contribution in [1.82, 2.24) is 5.43 Å². The van der Waals surface area contributed by atoms with Gasteiger partial charge in [-0.05, 0) is 37.0 Å². The molecule has 0 aromatic heterocycles. The van der Waals surface area contributed by atoms with E-state index in [2.05, 4.69) is 27.9 Å². The molecule has 0 fully saturated rings. The van der Waals surface area contributed by atoms with E-state index in [1.54, 1.807) is 0 Å². The lowest BCUT2D eigenvalue weighted by atomic mass is 10.0. The number of hydrogen-bond acceptors (Lipinski definition) is 2. The molecule has 18 heavy (non-hydrogen) atoms. The summed E-state index contributed by atoms with van der Waals surface area (Å²) in [6.07, 6.45) is 7.56. The fourth-order valence-electron chi connectivity index (χ4n) is 1.93. The second-order valence-electron chi connectivity index (χ2n) is 4.31. The van der Waals surface area contributed by atoms with Crippen LogP contribution in [-0.2, 0) is 0 Å². The second-order valence-corrected chi connectivity index (χ2v) is 5.63. The van der Waals surface area contributed by atoms with Crippen LogP contribution in [0.4, 0.5) is 0 Å². The summed E-state index contributed by atoms with van der Waals surface area (Å²) in [6.45, 7) is 3.72. The van der Waals surface area contributed by atoms with E-state index < -0.39 is 0 Å². The Hall–Kier alpha value is -0.350. The van der Waals surface area contributed by atoms with Crippen LogP contribution in [0.1, 0.15) is 43.7 Å². The lowest BCUT2D eigenvalue weighted by Gasteiger charge is -2.17. The van der Waals surface area contributed by atoms with Crippen LogP contribution in [0.5, 0.6) is 0 Å². The van der Waals surface area contributed by atoms with Crippen molar-refractivity contribution in [3.05, 3.63) is 45.9 Å². The van der Waals surface area contributed by atoms with Gasteiger partial charge in [0.25, 0.3) is 0 Å². The minimum absolute atomic E-state index is 0.120. The second kappa shape index (κ2) is 8.70. The fraction of sp³-hybridized carbons (Fsp3) is 0.429. The molecule has 1 atom stereocenters. The van der Waals surface area contributed by atoms with Crippen LogP contribution < -0.4 is 11.3 Å². The van der Waals surface area contributed by atoms with E-state index in [0.717, 1.165) is 34.3 Å². The first-order valence-electron chi connectivity index (χ1n) is 6.21. The molecule has 0 aliphatic carbocycles. The Labute approximate surface area is 123 Å². The highest BCUT2D eigenvalue weighted by molar-refractivity contribution is 9.10. The monoisotopic (exact) mass is 330 g/mol. The van der Waals surface area contributed by atoms with E-state index in [1.807, 2.05) is 24.3 Å². The van der Waals surface area contributed by atoms with Crippen LogP contribution >= 0.6 is 27.5 Å². The number of hydrogen-bond donors (Lipinski definition) is 2. The summed E-state index contributed by atoms with van der Waals surface area (Å²) in [6, 6.07) is 6.03. The van der Waals surface area contributed by atoms with Crippen LogP contribution in [0.25, 0.3) is 0 Å². The highest BCUT2D eigenvalue weighted by Crippen LogP contribution is 2.29. The quantitative estimate of drug-likeness (QED) is 0.312. The van der Waals surface area contributed by atoms with E-state index in [4.69, 9.17) is 17.4 Å². The molecule has 2 nitrogen and oxygen atoms in total. The van der Waals surface area contributed by atoms with Gasteiger partial charge in [0, 0.05) is 15.5 Å². The van der Waals surface area contributed by atoms with Crippen molar-refractivity contribution in [2.24, 2.45) is 5.84 Å². The molecule has 0 heterocycles. The first kappa shape index (κ1) is 15.7. The fourth-order valence-corrected chi connectivity index (χ4v) is 2.73. The Kier molecular flexibility index (Phi) is 7.59. The molecule has 1 rings (SSSR count). The molecule has 0 bridgehead atoms. The van der Waals surface area contributed by atoms with E-state index in [0.29, 0.717) is 0 Å². The topological polar surface area (TPSA) is 38.0 Å². The van der Waals surface area contributed by atoms with Gasteiger partial charge in [-0.15, -0.1) is 6.58 Å². The summed E-state index contributed by atoms with van der Waals surface area (Å²) in [7, 11) is 0. The molecule has 0 aliphatic heterocycles. The lowest BCUT2D eigenvalue weighted by Crippen LogP contribution is -2.28. The summed E-state index contributed by atoms with van der Waals surface area (Å²) in [5.41, 5.74) is 3.91. The average molecular weight is 332 g/mol. The van der Waals surface area contributed by atoms with Crippen LogP contribution in [0.3, 0.4) is 0 Å². The zero-order valence-corrected chi connectivity index (χ0v) is 12.8. The number of benzene rings is 1. The van der Waals surface area contributed by atoms with E-state index in [-0.39, 0.29) is 6.04 Å². The zero-order chi connectivity index (χ0) is 13.4. The highest BCUT2D eigenvalue weighted by Gasteiger charge is 2.12. The molecule has 4 heteroatoms. The molecule has 1 aromatic carbocycles. The van der Waals surface area contributed by atoms with Crippen LogP contribution in [0.15, 0.2) is 35.3 Å². The van der Waals surface area contributed by atoms with Gasteiger partial charge in [-0.2, -0.15) is 0 Å². The molecule has 0 saturated heterocycles. The maximum Gasteiger partial charge on any atom is 0.0474 e. The van der Waals surface area contributed by atoms with Crippen molar-refractivity contribution in [3.8, 4) is 0 Å². The first-order valence-corrected chi connectivity index (χ1v) is 7.38. The molecular formula is C14H20BrClN2. The van der Waals surface area contributed by atoms with Crippen molar-refractivity contribution in [1.29, 1.82) is 0 Å². The Morgan fingerprint density at radius 2 is 2.17 bits per heavy atom. The van der Waals surface area contributed by atoms with Gasteiger partial charge in [0.1, 0.15) is 0 Å². The molecular weight excluding hydrogens is 312 g/mol. The van der Waals surface area contributed by atoms with Gasteiger partial charge in [0.05, 0.1) is 0 Å². The third kappa shape index (κ3) is 5.11. The van der Waals surface area contributed by atoms with Crippen molar-refractivity contribution in [2.75, 3.05) is 0 Å². The van der Waals surface area contributed by atoms with Gasteiger partial charge in [-0.3, -0.25) is 11.3 Å². The molecule has 0 amide bonds. The standard InChI is InChI=1S/C14H20BrClN2/c1-2-3-4-5-6-7-14(18-17)12-9-8-11(15)10-13(12)16/h2,8-10,14,18H,1,3-7,17H2. The molecule has 0 spiro atoms. The van der Waals surface area contributed by atoms with Crippen LogP contribution in [-0.4, -0.2) is 0 Å². The number of nitrogens with one attached hydrogen (secondary N) is 1. The Morgan fingerprint density at radius 3 is 2.78 bits per heavy atom. The third-order valence-electron chi connectivity index (χ3n) is 2.94. The number of unbranched alkanes of at least 4 members (excludes halogenated alkanes) is 3. The van der Waals surface area contributed by atoms with E-state index in [1.165, 1.54) is 12.8 Å². The van der Waals surface area contributed by atoms with E-state index >= 15 is 0 Å². The number of nitrogens with two attached hydrogens (primary N) is 1. The number of halogens is 2. The highest BCUT2D eigenvalue weighted by atomic mass is 79.9. The van der Waals surface area contributed by atoms with Gasteiger partial charge in [0.2, 0.25) is 0 Å². The summed E-state index contributed by atoms with van der Waals surface area (Å²) < 4.78 is 0.984. The minimum atomic E-state index is 0.120. The average Bonchev–Trinajstić information content (AvgIpc) is 2.35. The molecule has 100 valence electrons. The lowest BCUT2D eigenvalue weighted by molar-refractivity contribution is 0.484. The smallest absolute Gasteiger partial charge is 0.0474 e. The Balaban J connectivity index is 2.52. The molecule has 3 N–H and O–H groups in total. The SMILES string of the molecule is C=CCCCCCC(NN)c1ccc(Br)cc1Cl. The van der Waals surface area contributed by atoms with Crippen molar-refractivity contribution >= 4 is 27.5 Å². The summed E-state index contributed by atoms with van der Waals surface area (Å²) in [5, 5.41) is 0.749. The number of allylic oxidation sites excluding steroid dienone is 1. The largest absolute Gasteiger partial charge is 0.271 e. The summed E-state index contributed by atoms with van der Waals surface area (Å²) in [4.78, 5) is 0. The summed E-state index contributed by atoms with van der Waals surface area (Å²) >= 11 is 9.63.